The summed E-state index contributed by atoms with van der Waals surface area (Å²) in [7, 11) is 1.56. The molecular weight excluding hydrogens is 417 g/mol. The Hall–Kier alpha value is -2.68. The molecule has 3 atom stereocenters. The van der Waals surface area contributed by atoms with Gasteiger partial charge < -0.3 is 29.7 Å². The van der Waals surface area contributed by atoms with Gasteiger partial charge in [-0.2, -0.15) is 0 Å². The van der Waals surface area contributed by atoms with Crippen LogP contribution in [0.3, 0.4) is 0 Å². The molecule has 1 saturated heterocycles. The summed E-state index contributed by atoms with van der Waals surface area (Å²) >= 11 is 0. The number of hydrogen-bond acceptors (Lipinski definition) is 6. The van der Waals surface area contributed by atoms with Gasteiger partial charge >= 0.3 is 0 Å². The highest BCUT2D eigenvalue weighted by Crippen LogP contribution is 2.42. The molecule has 3 N–H and O–H groups in total. The van der Waals surface area contributed by atoms with E-state index in [0.717, 1.165) is 0 Å². The number of aliphatic hydroxyl groups excluding tert-OH is 1. The van der Waals surface area contributed by atoms with Gasteiger partial charge in [-0.3, -0.25) is 4.79 Å². The van der Waals surface area contributed by atoms with Gasteiger partial charge in [-0.25, -0.2) is 4.39 Å². The molecule has 2 aromatic carbocycles. The van der Waals surface area contributed by atoms with Crippen LogP contribution in [-0.2, 0) is 20.7 Å². The van der Waals surface area contributed by atoms with Crippen molar-refractivity contribution < 1.29 is 33.6 Å². The van der Waals surface area contributed by atoms with E-state index in [-0.39, 0.29) is 23.5 Å². The number of aliphatic hydroxyl groups is 1. The van der Waals surface area contributed by atoms with Gasteiger partial charge in [-0.1, -0.05) is 18.2 Å². The van der Waals surface area contributed by atoms with E-state index in [0.29, 0.717) is 36.1 Å². The summed E-state index contributed by atoms with van der Waals surface area (Å²) in [5, 5.41) is 24.3. The van der Waals surface area contributed by atoms with E-state index in [1.54, 1.807) is 31.4 Å². The van der Waals surface area contributed by atoms with E-state index in [1.165, 1.54) is 19.1 Å². The molecule has 1 aliphatic heterocycles. The number of phenolic OH excluding ortho intramolecular Hbond substituents is 1. The van der Waals surface area contributed by atoms with Gasteiger partial charge in [0, 0.05) is 32.6 Å². The summed E-state index contributed by atoms with van der Waals surface area (Å²) in [6.07, 6.45) is -1.58. The average molecular weight is 448 g/mol. The summed E-state index contributed by atoms with van der Waals surface area (Å²) in [6, 6.07) is 9.19. The van der Waals surface area contributed by atoms with Crippen molar-refractivity contribution in [2.75, 3.05) is 13.7 Å². The van der Waals surface area contributed by atoms with E-state index in [4.69, 9.17) is 14.2 Å². The Bertz CT molecular complexity index is 964. The number of halogens is 1. The molecule has 174 valence electrons. The minimum Gasteiger partial charge on any atom is -0.504 e. The Morgan fingerprint density at radius 3 is 2.72 bits per heavy atom. The van der Waals surface area contributed by atoms with E-state index < -0.39 is 23.8 Å². The van der Waals surface area contributed by atoms with Crippen LogP contribution >= 0.6 is 0 Å². The molecule has 0 aromatic heterocycles. The number of ether oxygens (including phenoxy) is 3. The van der Waals surface area contributed by atoms with Crippen LogP contribution in [0, 0.1) is 5.82 Å². The lowest BCUT2D eigenvalue weighted by Crippen LogP contribution is -2.55. The molecule has 0 unspecified atom stereocenters. The number of aromatic hydroxyl groups is 1. The van der Waals surface area contributed by atoms with Crippen molar-refractivity contribution in [1.29, 1.82) is 0 Å². The van der Waals surface area contributed by atoms with E-state index in [2.05, 4.69) is 5.32 Å². The van der Waals surface area contributed by atoms with Crippen LogP contribution in [0.2, 0.25) is 0 Å². The lowest BCUT2D eigenvalue weighted by molar-refractivity contribution is -0.271. The smallest absolute Gasteiger partial charge is 0.226 e. The Morgan fingerprint density at radius 2 is 2.06 bits per heavy atom. The maximum absolute atomic E-state index is 13.9. The lowest BCUT2D eigenvalue weighted by Gasteiger charge is -2.43. The van der Waals surface area contributed by atoms with Gasteiger partial charge in [0.15, 0.2) is 11.5 Å². The van der Waals surface area contributed by atoms with Gasteiger partial charge in [0.25, 0.3) is 0 Å². The number of hydrogen-bond donors (Lipinski definition) is 3. The molecule has 1 fully saturated rings. The minimum absolute atomic E-state index is 0.100. The fourth-order valence-electron chi connectivity index (χ4n) is 3.93. The predicted octanol–water partition coefficient (Wildman–Crippen LogP) is 3.16. The van der Waals surface area contributed by atoms with E-state index in [1.807, 2.05) is 13.8 Å². The molecule has 8 heteroatoms. The van der Waals surface area contributed by atoms with Gasteiger partial charge in [0.2, 0.25) is 12.2 Å². The third-order valence-electron chi connectivity index (χ3n) is 5.60. The van der Waals surface area contributed by atoms with Gasteiger partial charge in [0.1, 0.15) is 11.9 Å². The van der Waals surface area contributed by atoms with Crippen molar-refractivity contribution >= 4 is 5.91 Å². The highest BCUT2D eigenvalue weighted by atomic mass is 19.1. The highest BCUT2D eigenvalue weighted by Gasteiger charge is 2.44. The van der Waals surface area contributed by atoms with Crippen LogP contribution in [0.5, 0.6) is 11.5 Å². The maximum Gasteiger partial charge on any atom is 0.226 e. The largest absolute Gasteiger partial charge is 0.504 e. The van der Waals surface area contributed by atoms with Crippen molar-refractivity contribution in [3.05, 3.63) is 47.8 Å². The zero-order chi connectivity index (χ0) is 23.5. The number of carbonyl (C=O) groups is 1. The van der Waals surface area contributed by atoms with Crippen LogP contribution in [0.25, 0.3) is 11.1 Å². The van der Waals surface area contributed by atoms with Crippen LogP contribution in [0.15, 0.2) is 36.4 Å². The third-order valence-corrected chi connectivity index (χ3v) is 5.60. The first kappa shape index (κ1) is 24.0. The molecule has 1 heterocycles. The lowest BCUT2D eigenvalue weighted by atomic mass is 9.92. The number of rotatable bonds is 7. The first-order valence-electron chi connectivity index (χ1n) is 10.5. The summed E-state index contributed by atoms with van der Waals surface area (Å²) < 4.78 is 31.1. The van der Waals surface area contributed by atoms with Crippen molar-refractivity contribution in [2.45, 2.75) is 57.7 Å². The molecule has 32 heavy (non-hydrogen) atoms. The first-order valence-corrected chi connectivity index (χ1v) is 10.5. The SMILES string of the molecule is CO[C@@H]1C[C@@H](O)[C@H](Oc2ccc(CCNC(C)=O)c(-c3cccc(F)c3)c2O)OC1(C)C. The van der Waals surface area contributed by atoms with Crippen molar-refractivity contribution in [2.24, 2.45) is 0 Å². The standard InChI is InChI=1S/C24H30FNO6/c1-14(27)26-11-10-15-8-9-19(22(29)21(15)16-6-5-7-17(25)12-16)31-23-18(28)13-20(30-4)24(2,3)32-23/h5-9,12,18,20,23,28-29H,10-11,13H2,1-4H3,(H,26,27)/t18-,20-,23-/m1/s1. The molecule has 1 aliphatic rings. The number of benzene rings is 2. The number of carbonyl (C=O) groups excluding carboxylic acids is 1. The van der Waals surface area contributed by atoms with Crippen LogP contribution in [0.4, 0.5) is 4.39 Å². The van der Waals surface area contributed by atoms with Crippen molar-refractivity contribution in [3.8, 4) is 22.6 Å². The summed E-state index contributed by atoms with van der Waals surface area (Å²) in [5.41, 5.74) is 0.860. The molecule has 1 amide bonds. The molecule has 0 bridgehead atoms. The predicted molar refractivity (Wildman–Crippen MR) is 117 cm³/mol. The van der Waals surface area contributed by atoms with Crippen LogP contribution in [-0.4, -0.2) is 53.9 Å². The van der Waals surface area contributed by atoms with Crippen LogP contribution in [0.1, 0.15) is 32.8 Å². The zero-order valence-corrected chi connectivity index (χ0v) is 18.7. The second kappa shape index (κ2) is 9.85. The summed E-state index contributed by atoms with van der Waals surface area (Å²) in [5.74, 6) is -0.706. The summed E-state index contributed by atoms with van der Waals surface area (Å²) in [4.78, 5) is 11.2. The van der Waals surface area contributed by atoms with Gasteiger partial charge in [-0.15, -0.1) is 0 Å². The Labute approximate surface area is 187 Å². The average Bonchev–Trinajstić information content (AvgIpc) is 2.71. The topological polar surface area (TPSA) is 97.2 Å². The van der Waals surface area contributed by atoms with Gasteiger partial charge in [0.05, 0.1) is 11.7 Å². The van der Waals surface area contributed by atoms with Crippen molar-refractivity contribution in [3.63, 3.8) is 0 Å². The molecule has 2 aromatic rings. The number of nitrogens with one attached hydrogen (secondary N) is 1. The monoisotopic (exact) mass is 447 g/mol. The van der Waals surface area contributed by atoms with E-state index in [9.17, 15) is 19.4 Å². The molecule has 0 spiro atoms. The highest BCUT2D eigenvalue weighted by molar-refractivity contribution is 5.77. The van der Waals surface area contributed by atoms with Crippen molar-refractivity contribution in [1.82, 2.24) is 5.32 Å². The quantitative estimate of drug-likeness (QED) is 0.603. The second-order valence-electron chi connectivity index (χ2n) is 8.42. The molecule has 0 aliphatic carbocycles. The first-order chi connectivity index (χ1) is 15.1. The maximum atomic E-state index is 13.9. The number of methoxy groups -OCH3 is 1. The fourth-order valence-corrected chi connectivity index (χ4v) is 3.93. The minimum atomic E-state index is -1.02. The van der Waals surface area contributed by atoms with Gasteiger partial charge in [-0.05, 0) is 49.6 Å². The zero-order valence-electron chi connectivity index (χ0n) is 18.7. The second-order valence-corrected chi connectivity index (χ2v) is 8.42. The molecule has 0 radical (unpaired) electrons. The third kappa shape index (κ3) is 5.38. The Morgan fingerprint density at radius 1 is 1.31 bits per heavy atom. The molecule has 3 rings (SSSR count). The Balaban J connectivity index is 1.94. The molecule has 7 nitrogen and oxygen atoms in total. The fraction of sp³-hybridized carbons (Fsp3) is 0.458. The summed E-state index contributed by atoms with van der Waals surface area (Å²) in [6.45, 7) is 5.46. The normalized spacial score (nSPS) is 22.4. The van der Waals surface area contributed by atoms with E-state index >= 15 is 0 Å². The van der Waals surface area contributed by atoms with Crippen LogP contribution < -0.4 is 10.1 Å². The number of amides is 1. The Kier molecular flexibility index (Phi) is 7.38. The number of phenols is 1. The molecular formula is C24H30FNO6. The molecule has 0 saturated carbocycles.